The van der Waals surface area contributed by atoms with Crippen molar-refractivity contribution in [3.8, 4) is 11.6 Å². The summed E-state index contributed by atoms with van der Waals surface area (Å²) in [7, 11) is 1.57. The monoisotopic (exact) mass is 466 g/mol. The molecular weight excluding hydrogens is 445 g/mol. The highest BCUT2D eigenvalue weighted by Gasteiger charge is 2.30. The second-order valence-corrected chi connectivity index (χ2v) is 8.08. The third-order valence-corrected chi connectivity index (χ3v) is 5.74. The highest BCUT2D eigenvalue weighted by atomic mass is 19.1. The molecule has 3 aromatic heterocycles. The summed E-state index contributed by atoms with van der Waals surface area (Å²) >= 11 is 0. The fourth-order valence-corrected chi connectivity index (χ4v) is 4.19. The lowest BCUT2D eigenvalue weighted by Crippen LogP contribution is -2.20. The second kappa shape index (κ2) is 8.77. The van der Waals surface area contributed by atoms with E-state index < -0.39 is 23.4 Å². The van der Waals surface area contributed by atoms with E-state index in [4.69, 9.17) is 4.74 Å². The standard InChI is InChI=1S/C24H21F3N6O/c1-14-12-32(13-29-14)24-20(34-2)8-15(11-28-24)5-6-21-30-23-17(4-3-7-33(23)31-21)22-18(26)9-16(25)10-19(22)27/h5-6,8-13,17H,3-4,7H2,1-2H3/t17-/m1/s1. The molecule has 0 bridgehead atoms. The number of ether oxygens (including phenoxy) is 1. The number of imidazole rings is 1. The summed E-state index contributed by atoms with van der Waals surface area (Å²) in [4.78, 5) is 13.2. The minimum absolute atomic E-state index is 0.176. The number of nitrogens with zero attached hydrogens (tertiary/aromatic N) is 6. The van der Waals surface area contributed by atoms with Gasteiger partial charge in [-0.3, -0.25) is 4.57 Å². The molecule has 0 saturated carbocycles. The second-order valence-electron chi connectivity index (χ2n) is 8.08. The van der Waals surface area contributed by atoms with Crippen molar-refractivity contribution >= 4 is 12.2 Å². The van der Waals surface area contributed by atoms with Gasteiger partial charge in [0.1, 0.15) is 29.6 Å². The molecule has 174 valence electrons. The predicted octanol–water partition coefficient (Wildman–Crippen LogP) is 4.69. The quantitative estimate of drug-likeness (QED) is 0.427. The van der Waals surface area contributed by atoms with Crippen LogP contribution in [0.3, 0.4) is 0 Å². The molecular formula is C24H21F3N6O. The maximum Gasteiger partial charge on any atom is 0.180 e. The van der Waals surface area contributed by atoms with Crippen LogP contribution in [0.25, 0.3) is 18.0 Å². The van der Waals surface area contributed by atoms with Crippen LogP contribution in [-0.2, 0) is 6.54 Å². The number of aryl methyl sites for hydroxylation is 2. The van der Waals surface area contributed by atoms with Crippen LogP contribution in [-0.4, -0.2) is 36.4 Å². The summed E-state index contributed by atoms with van der Waals surface area (Å²) in [5.74, 6) is -1.37. The normalized spacial score (nSPS) is 15.6. The summed E-state index contributed by atoms with van der Waals surface area (Å²) in [6.45, 7) is 2.48. The van der Waals surface area contributed by atoms with Gasteiger partial charge in [0.25, 0.3) is 0 Å². The van der Waals surface area contributed by atoms with Gasteiger partial charge in [-0.2, -0.15) is 5.10 Å². The number of methoxy groups -OCH3 is 1. The molecule has 1 aliphatic heterocycles. The molecule has 0 radical (unpaired) electrons. The van der Waals surface area contributed by atoms with E-state index in [0.717, 1.165) is 11.3 Å². The number of pyridine rings is 1. The van der Waals surface area contributed by atoms with Crippen molar-refractivity contribution in [2.24, 2.45) is 0 Å². The predicted molar refractivity (Wildman–Crippen MR) is 119 cm³/mol. The van der Waals surface area contributed by atoms with Crippen LogP contribution >= 0.6 is 0 Å². The van der Waals surface area contributed by atoms with Gasteiger partial charge in [-0.05, 0) is 43.5 Å². The maximum atomic E-state index is 14.4. The fourth-order valence-electron chi connectivity index (χ4n) is 4.19. The largest absolute Gasteiger partial charge is 0.493 e. The molecule has 0 unspecified atom stereocenters. The van der Waals surface area contributed by atoms with Gasteiger partial charge >= 0.3 is 0 Å². The van der Waals surface area contributed by atoms with Gasteiger partial charge in [0, 0.05) is 42.6 Å². The van der Waals surface area contributed by atoms with Crippen LogP contribution in [0.2, 0.25) is 0 Å². The number of benzene rings is 1. The lowest BCUT2D eigenvalue weighted by molar-refractivity contribution is 0.410. The molecule has 0 saturated heterocycles. The van der Waals surface area contributed by atoms with Crippen LogP contribution in [0.4, 0.5) is 13.2 Å². The summed E-state index contributed by atoms with van der Waals surface area (Å²) in [5, 5.41) is 4.46. The average Bonchev–Trinajstić information content (AvgIpc) is 3.43. The van der Waals surface area contributed by atoms with Crippen molar-refractivity contribution < 1.29 is 17.9 Å². The van der Waals surface area contributed by atoms with E-state index in [-0.39, 0.29) is 5.56 Å². The minimum atomic E-state index is -0.946. The van der Waals surface area contributed by atoms with E-state index in [2.05, 4.69) is 20.1 Å². The van der Waals surface area contributed by atoms with E-state index in [1.54, 1.807) is 41.0 Å². The van der Waals surface area contributed by atoms with E-state index in [9.17, 15) is 13.2 Å². The molecule has 34 heavy (non-hydrogen) atoms. The van der Waals surface area contributed by atoms with Crippen LogP contribution in [0, 0.1) is 24.4 Å². The molecule has 4 aromatic rings. The number of hydrogen-bond donors (Lipinski definition) is 0. The summed E-state index contributed by atoms with van der Waals surface area (Å²) in [6.07, 6.45) is 9.87. The topological polar surface area (TPSA) is 70.7 Å². The molecule has 1 aliphatic rings. The van der Waals surface area contributed by atoms with Gasteiger partial charge in [0.05, 0.1) is 12.8 Å². The fraction of sp³-hybridized carbons (Fsp3) is 0.250. The number of fused-ring (bicyclic) bond motifs is 1. The lowest BCUT2D eigenvalue weighted by Gasteiger charge is -2.23. The van der Waals surface area contributed by atoms with Crippen molar-refractivity contribution in [3.63, 3.8) is 0 Å². The first-order chi connectivity index (χ1) is 16.4. The summed E-state index contributed by atoms with van der Waals surface area (Å²) in [5.41, 5.74) is 1.45. The van der Waals surface area contributed by atoms with Crippen LogP contribution in [0.15, 0.2) is 36.9 Å². The zero-order valence-corrected chi connectivity index (χ0v) is 18.5. The molecule has 4 heterocycles. The van der Waals surface area contributed by atoms with E-state index in [1.165, 1.54) is 0 Å². The van der Waals surface area contributed by atoms with Crippen molar-refractivity contribution in [1.82, 2.24) is 29.3 Å². The Hall–Kier alpha value is -3.95. The summed E-state index contributed by atoms with van der Waals surface area (Å²) < 4.78 is 51.1. The Kier molecular flexibility index (Phi) is 5.64. The highest BCUT2D eigenvalue weighted by molar-refractivity contribution is 5.67. The number of aromatic nitrogens is 6. The van der Waals surface area contributed by atoms with Gasteiger partial charge in [-0.25, -0.2) is 32.8 Å². The first kappa shape index (κ1) is 21.9. The third kappa shape index (κ3) is 4.07. The van der Waals surface area contributed by atoms with Crippen molar-refractivity contribution in [2.45, 2.75) is 32.2 Å². The van der Waals surface area contributed by atoms with Crippen LogP contribution < -0.4 is 4.74 Å². The van der Waals surface area contributed by atoms with Crippen LogP contribution in [0.5, 0.6) is 5.75 Å². The highest BCUT2D eigenvalue weighted by Crippen LogP contribution is 2.35. The minimum Gasteiger partial charge on any atom is -0.493 e. The number of halogens is 3. The molecule has 5 rings (SSSR count). The number of rotatable bonds is 5. The molecule has 1 atom stereocenters. The van der Waals surface area contributed by atoms with E-state index >= 15 is 0 Å². The molecule has 10 heteroatoms. The molecule has 0 fully saturated rings. The van der Waals surface area contributed by atoms with Gasteiger partial charge in [0.2, 0.25) is 0 Å². The van der Waals surface area contributed by atoms with Gasteiger partial charge in [-0.15, -0.1) is 0 Å². The Morgan fingerprint density at radius 1 is 1.09 bits per heavy atom. The molecule has 0 aliphatic carbocycles. The first-order valence-electron chi connectivity index (χ1n) is 10.7. The Morgan fingerprint density at radius 3 is 2.59 bits per heavy atom. The average molecular weight is 466 g/mol. The zero-order valence-electron chi connectivity index (χ0n) is 18.5. The molecule has 0 amide bonds. The SMILES string of the molecule is COc1cc(C=Cc2nc3n(n2)CCC[C@@H]3c2c(F)cc(F)cc2F)cnc1-n1cnc(C)c1. The molecule has 7 nitrogen and oxygen atoms in total. The zero-order chi connectivity index (χ0) is 23.8. The van der Waals surface area contributed by atoms with E-state index in [1.807, 2.05) is 19.2 Å². The molecule has 0 spiro atoms. The van der Waals surface area contributed by atoms with Crippen molar-refractivity contribution in [2.75, 3.05) is 7.11 Å². The Morgan fingerprint density at radius 2 is 1.88 bits per heavy atom. The van der Waals surface area contributed by atoms with Gasteiger partial charge in [0.15, 0.2) is 17.4 Å². The molecule has 0 N–H and O–H groups in total. The summed E-state index contributed by atoms with van der Waals surface area (Å²) in [6, 6.07) is 3.23. The number of hydrogen-bond acceptors (Lipinski definition) is 5. The van der Waals surface area contributed by atoms with Gasteiger partial charge < -0.3 is 4.74 Å². The smallest absolute Gasteiger partial charge is 0.180 e. The van der Waals surface area contributed by atoms with Crippen molar-refractivity contribution in [3.05, 3.63) is 82.8 Å². The van der Waals surface area contributed by atoms with Gasteiger partial charge in [-0.1, -0.05) is 0 Å². The Labute approximate surface area is 193 Å². The third-order valence-electron chi connectivity index (χ3n) is 5.74. The Balaban J connectivity index is 1.43. The first-order valence-corrected chi connectivity index (χ1v) is 10.7. The molecule has 1 aromatic carbocycles. The maximum absolute atomic E-state index is 14.4. The lowest BCUT2D eigenvalue weighted by atomic mass is 9.90. The Bertz CT molecular complexity index is 1370. The van der Waals surface area contributed by atoms with Crippen LogP contribution in [0.1, 0.15) is 47.2 Å². The van der Waals surface area contributed by atoms with E-state index in [0.29, 0.717) is 54.7 Å². The van der Waals surface area contributed by atoms with Crippen molar-refractivity contribution in [1.29, 1.82) is 0 Å².